The van der Waals surface area contributed by atoms with E-state index >= 15 is 0 Å². The van der Waals surface area contributed by atoms with E-state index in [4.69, 9.17) is 18.9 Å². The van der Waals surface area contributed by atoms with Gasteiger partial charge in [-0.3, -0.25) is 0 Å². The molecule has 0 spiro atoms. The van der Waals surface area contributed by atoms with Crippen molar-refractivity contribution in [2.75, 3.05) is 27.9 Å². The van der Waals surface area contributed by atoms with Crippen LogP contribution in [0.5, 0.6) is 23.0 Å². The molecule has 2 aromatic carbocycles. The van der Waals surface area contributed by atoms with Crippen LogP contribution in [0.1, 0.15) is 56.6 Å². The molecule has 0 aromatic heterocycles. The number of hydrogen-bond acceptors (Lipinski definition) is 4. The molecule has 0 aliphatic carbocycles. The van der Waals surface area contributed by atoms with Gasteiger partial charge in [-0.25, -0.2) is 0 Å². The smallest absolute Gasteiger partial charge is 0.129 e. The Morgan fingerprint density at radius 2 is 1.29 bits per heavy atom. The third-order valence-electron chi connectivity index (χ3n) is 4.89. The topological polar surface area (TPSA) is 36.9 Å². The van der Waals surface area contributed by atoms with E-state index < -0.39 is 0 Å². The Labute approximate surface area is 169 Å². The summed E-state index contributed by atoms with van der Waals surface area (Å²) in [4.78, 5) is 0. The van der Waals surface area contributed by atoms with Gasteiger partial charge in [0.2, 0.25) is 0 Å². The summed E-state index contributed by atoms with van der Waals surface area (Å²) >= 11 is 0. The largest absolute Gasteiger partial charge is 0.496 e. The van der Waals surface area contributed by atoms with Gasteiger partial charge in [-0.2, -0.15) is 0 Å². The molecule has 0 bridgehead atoms. The standard InChI is InChI=1S/C24H34O4/c1-5-6-7-8-9-10-15-28-20-13-11-19(12-14-20)16-22-23(26-3)17-21(25-2)18-24(22)27-4/h11-14,17-18H,5-10,15-16H2,1-4H3. The minimum Gasteiger partial charge on any atom is -0.496 e. The Morgan fingerprint density at radius 1 is 0.679 bits per heavy atom. The molecule has 2 rings (SSSR count). The molecule has 28 heavy (non-hydrogen) atoms. The highest BCUT2D eigenvalue weighted by Gasteiger charge is 2.14. The van der Waals surface area contributed by atoms with Crippen molar-refractivity contribution in [3.8, 4) is 23.0 Å². The van der Waals surface area contributed by atoms with Crippen LogP contribution < -0.4 is 18.9 Å². The predicted octanol–water partition coefficient (Wildman–Crippen LogP) is 6.04. The third kappa shape index (κ3) is 6.66. The molecule has 4 heteroatoms. The Bertz CT molecular complexity index is 669. The first-order valence-electron chi connectivity index (χ1n) is 10.2. The summed E-state index contributed by atoms with van der Waals surface area (Å²) in [6.07, 6.45) is 8.35. The van der Waals surface area contributed by atoms with Gasteiger partial charge in [-0.1, -0.05) is 51.2 Å². The molecule has 0 aliphatic heterocycles. The zero-order valence-electron chi connectivity index (χ0n) is 17.8. The Kier molecular flexibility index (Phi) is 9.53. The van der Waals surface area contributed by atoms with Gasteiger partial charge < -0.3 is 18.9 Å². The van der Waals surface area contributed by atoms with Crippen LogP contribution in [-0.2, 0) is 6.42 Å². The fourth-order valence-electron chi connectivity index (χ4n) is 3.23. The van der Waals surface area contributed by atoms with Crippen LogP contribution >= 0.6 is 0 Å². The van der Waals surface area contributed by atoms with Crippen molar-refractivity contribution in [1.29, 1.82) is 0 Å². The molecule has 4 nitrogen and oxygen atoms in total. The molecule has 2 aromatic rings. The molecule has 0 N–H and O–H groups in total. The maximum absolute atomic E-state index is 5.87. The normalized spacial score (nSPS) is 10.6. The molecule has 0 amide bonds. The Morgan fingerprint density at radius 3 is 1.86 bits per heavy atom. The lowest BCUT2D eigenvalue weighted by Crippen LogP contribution is -2.00. The summed E-state index contributed by atoms with van der Waals surface area (Å²) in [6, 6.07) is 12.0. The van der Waals surface area contributed by atoms with Crippen LogP contribution in [0.25, 0.3) is 0 Å². The maximum Gasteiger partial charge on any atom is 0.129 e. The monoisotopic (exact) mass is 386 g/mol. The van der Waals surface area contributed by atoms with E-state index in [0.717, 1.165) is 41.6 Å². The highest BCUT2D eigenvalue weighted by atomic mass is 16.5. The molecule has 154 valence electrons. The van der Waals surface area contributed by atoms with Crippen molar-refractivity contribution in [3.63, 3.8) is 0 Å². The second-order valence-electron chi connectivity index (χ2n) is 6.95. The van der Waals surface area contributed by atoms with E-state index in [-0.39, 0.29) is 0 Å². The average molecular weight is 387 g/mol. The van der Waals surface area contributed by atoms with E-state index in [1.807, 2.05) is 24.3 Å². The van der Waals surface area contributed by atoms with E-state index in [2.05, 4.69) is 19.1 Å². The molecule has 0 heterocycles. The third-order valence-corrected chi connectivity index (χ3v) is 4.89. The van der Waals surface area contributed by atoms with E-state index in [1.54, 1.807) is 21.3 Å². The van der Waals surface area contributed by atoms with Gasteiger partial charge in [0.05, 0.1) is 27.9 Å². The van der Waals surface area contributed by atoms with Gasteiger partial charge in [0.15, 0.2) is 0 Å². The summed E-state index contributed by atoms with van der Waals surface area (Å²) in [5.74, 6) is 3.17. The van der Waals surface area contributed by atoms with Gasteiger partial charge in [0, 0.05) is 24.1 Å². The van der Waals surface area contributed by atoms with E-state index in [0.29, 0.717) is 6.42 Å². The number of benzene rings is 2. The number of unbranched alkanes of at least 4 members (excludes halogenated alkanes) is 5. The molecular weight excluding hydrogens is 352 g/mol. The average Bonchev–Trinajstić information content (AvgIpc) is 2.74. The first-order valence-corrected chi connectivity index (χ1v) is 10.2. The van der Waals surface area contributed by atoms with Crippen LogP contribution in [-0.4, -0.2) is 27.9 Å². The van der Waals surface area contributed by atoms with Crippen molar-refractivity contribution >= 4 is 0 Å². The quantitative estimate of drug-likeness (QED) is 0.393. The van der Waals surface area contributed by atoms with Crippen LogP contribution in [0.3, 0.4) is 0 Å². The number of rotatable bonds is 13. The van der Waals surface area contributed by atoms with Crippen molar-refractivity contribution in [3.05, 3.63) is 47.5 Å². The SMILES string of the molecule is CCCCCCCCOc1ccc(Cc2c(OC)cc(OC)cc2OC)cc1. The number of methoxy groups -OCH3 is 3. The van der Waals surface area contributed by atoms with E-state index in [1.165, 1.54) is 37.7 Å². The van der Waals surface area contributed by atoms with Gasteiger partial charge in [-0.15, -0.1) is 0 Å². The summed E-state index contributed by atoms with van der Waals surface area (Å²) in [6.45, 7) is 3.03. The molecule has 0 saturated heterocycles. The lowest BCUT2D eigenvalue weighted by atomic mass is 10.0. The summed E-state index contributed by atoms with van der Waals surface area (Å²) in [5.41, 5.74) is 2.18. The molecule has 0 atom stereocenters. The van der Waals surface area contributed by atoms with Crippen molar-refractivity contribution in [2.24, 2.45) is 0 Å². The highest BCUT2D eigenvalue weighted by Crippen LogP contribution is 2.35. The summed E-state index contributed by atoms with van der Waals surface area (Å²) in [5, 5.41) is 0. The van der Waals surface area contributed by atoms with Crippen LogP contribution in [0.2, 0.25) is 0 Å². The van der Waals surface area contributed by atoms with Gasteiger partial charge in [0.1, 0.15) is 23.0 Å². The molecular formula is C24H34O4. The maximum atomic E-state index is 5.87. The minimum atomic E-state index is 0.716. The Hall–Kier alpha value is -2.36. The first kappa shape index (κ1) is 21.9. The fraction of sp³-hybridized carbons (Fsp3) is 0.500. The number of hydrogen-bond donors (Lipinski definition) is 0. The fourth-order valence-corrected chi connectivity index (χ4v) is 3.23. The van der Waals surface area contributed by atoms with Gasteiger partial charge >= 0.3 is 0 Å². The van der Waals surface area contributed by atoms with E-state index in [9.17, 15) is 0 Å². The highest BCUT2D eigenvalue weighted by molar-refractivity contribution is 5.52. The number of ether oxygens (including phenoxy) is 4. The molecule has 0 aliphatic rings. The van der Waals surface area contributed by atoms with Crippen molar-refractivity contribution in [1.82, 2.24) is 0 Å². The van der Waals surface area contributed by atoms with Crippen molar-refractivity contribution in [2.45, 2.75) is 51.9 Å². The molecule has 0 fully saturated rings. The summed E-state index contributed by atoms with van der Waals surface area (Å²) in [7, 11) is 4.96. The van der Waals surface area contributed by atoms with Crippen LogP contribution in [0.4, 0.5) is 0 Å². The second kappa shape index (κ2) is 12.2. The molecule has 0 saturated carbocycles. The lowest BCUT2D eigenvalue weighted by Gasteiger charge is -2.15. The minimum absolute atomic E-state index is 0.716. The second-order valence-corrected chi connectivity index (χ2v) is 6.95. The van der Waals surface area contributed by atoms with Gasteiger partial charge in [-0.05, 0) is 24.1 Å². The zero-order chi connectivity index (χ0) is 20.2. The van der Waals surface area contributed by atoms with Crippen molar-refractivity contribution < 1.29 is 18.9 Å². The lowest BCUT2D eigenvalue weighted by molar-refractivity contribution is 0.304. The Balaban J connectivity index is 1.92. The zero-order valence-corrected chi connectivity index (χ0v) is 17.8. The molecule has 0 unspecified atom stereocenters. The van der Waals surface area contributed by atoms with Crippen LogP contribution in [0, 0.1) is 0 Å². The summed E-state index contributed by atoms with van der Waals surface area (Å²) < 4.78 is 22.3. The van der Waals surface area contributed by atoms with Gasteiger partial charge in [0.25, 0.3) is 0 Å². The predicted molar refractivity (Wildman–Crippen MR) is 114 cm³/mol. The first-order chi connectivity index (χ1) is 13.7. The van der Waals surface area contributed by atoms with Crippen LogP contribution in [0.15, 0.2) is 36.4 Å². The molecule has 0 radical (unpaired) electrons.